The lowest BCUT2D eigenvalue weighted by molar-refractivity contribution is -0.118. The lowest BCUT2D eigenvalue weighted by Crippen LogP contribution is -2.63. The van der Waals surface area contributed by atoms with Gasteiger partial charge < -0.3 is 24.8 Å². The number of hydrogen-bond donors (Lipinski definition) is 2. The van der Waals surface area contributed by atoms with Crippen molar-refractivity contribution in [1.29, 1.82) is 0 Å². The number of carbonyl (C=O) groups is 1. The van der Waals surface area contributed by atoms with E-state index in [1.807, 2.05) is 12.3 Å². The molecule has 4 atom stereocenters. The molecule has 1 aromatic carbocycles. The van der Waals surface area contributed by atoms with E-state index in [2.05, 4.69) is 53.0 Å². The van der Waals surface area contributed by atoms with E-state index in [1.165, 1.54) is 11.3 Å². The number of hydrogen-bond acceptors (Lipinski definition) is 7. The van der Waals surface area contributed by atoms with Crippen molar-refractivity contribution in [2.45, 2.75) is 57.7 Å². The first-order valence-corrected chi connectivity index (χ1v) is 13.4. The Morgan fingerprint density at radius 3 is 2.69 bits per heavy atom. The number of aryl methyl sites for hydroxylation is 1. The van der Waals surface area contributed by atoms with E-state index in [-0.39, 0.29) is 22.8 Å². The van der Waals surface area contributed by atoms with Gasteiger partial charge in [-0.2, -0.15) is 0 Å². The van der Waals surface area contributed by atoms with Crippen molar-refractivity contribution >= 4 is 28.2 Å². The highest BCUT2D eigenvalue weighted by Crippen LogP contribution is 2.59. The number of aliphatic hydroxyl groups excluding tert-OH is 1. The lowest BCUT2D eigenvalue weighted by Gasteiger charge is -2.48. The Morgan fingerprint density at radius 1 is 1.17 bits per heavy atom. The van der Waals surface area contributed by atoms with E-state index < -0.39 is 6.10 Å². The van der Waals surface area contributed by atoms with Crippen LogP contribution in [0.25, 0.3) is 10.8 Å². The Bertz CT molecular complexity index is 1170. The molecule has 0 unspecified atom stereocenters. The van der Waals surface area contributed by atoms with Gasteiger partial charge in [-0.05, 0) is 74.6 Å². The monoisotopic (exact) mass is 494 g/mol. The van der Waals surface area contributed by atoms with Gasteiger partial charge in [-0.1, -0.05) is 0 Å². The second-order valence-electron chi connectivity index (χ2n) is 11.7. The number of aromatic nitrogens is 1. The van der Waals surface area contributed by atoms with Gasteiger partial charge in [-0.15, -0.1) is 0 Å². The van der Waals surface area contributed by atoms with Crippen molar-refractivity contribution < 1.29 is 19.4 Å². The van der Waals surface area contributed by atoms with Crippen LogP contribution in [-0.2, 0) is 14.3 Å². The first-order chi connectivity index (χ1) is 17.3. The largest absolute Gasteiger partial charge is 0.389 e. The van der Waals surface area contributed by atoms with Gasteiger partial charge in [0.25, 0.3) is 0 Å². The molecule has 1 amide bonds. The third kappa shape index (κ3) is 4.08. The number of fused-ring (bicyclic) bond motifs is 1. The van der Waals surface area contributed by atoms with E-state index in [0.717, 1.165) is 62.9 Å². The van der Waals surface area contributed by atoms with E-state index in [1.54, 1.807) is 0 Å². The predicted molar refractivity (Wildman–Crippen MR) is 139 cm³/mol. The van der Waals surface area contributed by atoms with Crippen LogP contribution in [0.5, 0.6) is 0 Å². The molecule has 4 fully saturated rings. The molecule has 2 aromatic rings. The van der Waals surface area contributed by atoms with E-state index in [4.69, 9.17) is 9.47 Å². The Kier molecular flexibility index (Phi) is 5.98. The van der Waals surface area contributed by atoms with Crippen molar-refractivity contribution in [3.05, 3.63) is 30.0 Å². The number of piperazine rings is 1. The molecule has 36 heavy (non-hydrogen) atoms. The molecule has 8 nitrogen and oxygen atoms in total. The molecule has 3 aliphatic heterocycles. The highest BCUT2D eigenvalue weighted by atomic mass is 16.5. The Balaban J connectivity index is 1.18. The molecule has 1 spiro atoms. The Morgan fingerprint density at radius 2 is 1.97 bits per heavy atom. The summed E-state index contributed by atoms with van der Waals surface area (Å²) < 4.78 is 11.1. The standard InChI is InChI=1S/C28H38N4O4/c1-18-10-21-14-29-25(30-26(34)22-13-28(22)4-8-35-9-5-28)12-20(21)11-23(18)32-7-6-31(15-19(32)2)27(3)17-36-16-24(27)33/h10-12,14,19,22,24,33H,4-9,13,15-17H2,1-3H3,(H,29,30,34)/t19-,22+,24-,27+/m0/s1. The van der Waals surface area contributed by atoms with Crippen molar-refractivity contribution in [3.8, 4) is 0 Å². The maximum atomic E-state index is 13.0. The third-order valence-electron chi connectivity index (χ3n) is 9.33. The fourth-order valence-electron chi connectivity index (χ4n) is 6.67. The normalized spacial score (nSPS) is 32.2. The first-order valence-electron chi connectivity index (χ1n) is 13.4. The van der Waals surface area contributed by atoms with Crippen LogP contribution in [0.3, 0.4) is 0 Å². The number of benzene rings is 1. The lowest BCUT2D eigenvalue weighted by atomic mass is 9.93. The molecule has 8 heteroatoms. The molecule has 1 saturated carbocycles. The predicted octanol–water partition coefficient (Wildman–Crippen LogP) is 2.96. The maximum Gasteiger partial charge on any atom is 0.229 e. The summed E-state index contributed by atoms with van der Waals surface area (Å²) in [6, 6.07) is 6.73. The number of amides is 1. The number of pyridine rings is 1. The molecular weight excluding hydrogens is 456 g/mol. The van der Waals surface area contributed by atoms with Gasteiger partial charge in [0.15, 0.2) is 0 Å². The molecule has 4 heterocycles. The summed E-state index contributed by atoms with van der Waals surface area (Å²) >= 11 is 0. The van der Waals surface area contributed by atoms with Crippen LogP contribution >= 0.6 is 0 Å². The van der Waals surface area contributed by atoms with Crippen molar-refractivity contribution in [3.63, 3.8) is 0 Å². The summed E-state index contributed by atoms with van der Waals surface area (Å²) in [5.74, 6) is 0.792. The average Bonchev–Trinajstić information content (AvgIpc) is 3.44. The fraction of sp³-hybridized carbons (Fsp3) is 0.643. The van der Waals surface area contributed by atoms with Gasteiger partial charge in [0.2, 0.25) is 5.91 Å². The van der Waals surface area contributed by atoms with Crippen LogP contribution in [0.4, 0.5) is 11.5 Å². The molecule has 3 saturated heterocycles. The summed E-state index contributed by atoms with van der Waals surface area (Å²) in [5.41, 5.74) is 2.27. The SMILES string of the molecule is Cc1cc2cnc(NC(=O)[C@H]3CC34CCOCC4)cc2cc1N1CCN([C@]2(C)COC[C@@H]2O)C[C@@H]1C. The first kappa shape index (κ1) is 24.1. The summed E-state index contributed by atoms with van der Waals surface area (Å²) in [6.07, 6.45) is 4.34. The zero-order chi connectivity index (χ0) is 25.1. The quantitative estimate of drug-likeness (QED) is 0.676. The topological polar surface area (TPSA) is 87.2 Å². The molecule has 0 bridgehead atoms. The summed E-state index contributed by atoms with van der Waals surface area (Å²) in [6.45, 7) is 11.7. The Labute approximate surface area is 212 Å². The second-order valence-corrected chi connectivity index (χ2v) is 11.7. The molecule has 2 N–H and O–H groups in total. The summed E-state index contributed by atoms with van der Waals surface area (Å²) in [5, 5.41) is 15.8. The number of rotatable bonds is 4. The number of nitrogens with zero attached hydrogens (tertiary/aromatic N) is 3. The van der Waals surface area contributed by atoms with Gasteiger partial charge in [0, 0.05) is 62.1 Å². The summed E-state index contributed by atoms with van der Waals surface area (Å²) in [4.78, 5) is 22.4. The molecule has 194 valence electrons. The van der Waals surface area contributed by atoms with Crippen LogP contribution in [0.1, 0.15) is 38.7 Å². The third-order valence-corrected chi connectivity index (χ3v) is 9.33. The van der Waals surface area contributed by atoms with Crippen LogP contribution in [0, 0.1) is 18.3 Å². The maximum absolute atomic E-state index is 13.0. The molecule has 0 radical (unpaired) electrons. The minimum absolute atomic E-state index is 0.0789. The minimum Gasteiger partial charge on any atom is -0.389 e. The highest BCUT2D eigenvalue weighted by molar-refractivity contribution is 5.97. The molecule has 6 rings (SSSR count). The van der Waals surface area contributed by atoms with Crippen molar-refractivity contribution in [1.82, 2.24) is 9.88 Å². The molecule has 1 aliphatic carbocycles. The number of anilines is 2. The molecule has 1 aromatic heterocycles. The number of carbonyl (C=O) groups excluding carboxylic acids is 1. The van der Waals surface area contributed by atoms with Gasteiger partial charge in [0.05, 0.1) is 24.9 Å². The van der Waals surface area contributed by atoms with Crippen LogP contribution in [0.2, 0.25) is 0 Å². The second kappa shape index (κ2) is 8.94. The van der Waals surface area contributed by atoms with Crippen LogP contribution in [-0.4, -0.2) is 84.6 Å². The van der Waals surface area contributed by atoms with Crippen molar-refractivity contribution in [2.24, 2.45) is 11.3 Å². The van der Waals surface area contributed by atoms with E-state index >= 15 is 0 Å². The molecular formula is C28H38N4O4. The number of aliphatic hydroxyl groups is 1. The van der Waals surface area contributed by atoms with E-state index in [9.17, 15) is 9.90 Å². The molecule has 4 aliphatic rings. The summed E-state index contributed by atoms with van der Waals surface area (Å²) in [7, 11) is 0. The smallest absolute Gasteiger partial charge is 0.229 e. The number of ether oxygens (including phenoxy) is 2. The van der Waals surface area contributed by atoms with Crippen LogP contribution < -0.4 is 10.2 Å². The average molecular weight is 495 g/mol. The zero-order valence-corrected chi connectivity index (χ0v) is 21.6. The van der Waals surface area contributed by atoms with Gasteiger partial charge in [0.1, 0.15) is 5.82 Å². The van der Waals surface area contributed by atoms with Crippen molar-refractivity contribution in [2.75, 3.05) is 56.3 Å². The number of nitrogens with one attached hydrogen (secondary N) is 1. The van der Waals surface area contributed by atoms with E-state index in [0.29, 0.717) is 25.1 Å². The fourth-order valence-corrected chi connectivity index (χ4v) is 6.67. The van der Waals surface area contributed by atoms with Gasteiger partial charge >= 0.3 is 0 Å². The van der Waals surface area contributed by atoms with Gasteiger partial charge in [-0.3, -0.25) is 9.69 Å². The highest BCUT2D eigenvalue weighted by Gasteiger charge is 2.58. The minimum atomic E-state index is -0.447. The zero-order valence-electron chi connectivity index (χ0n) is 21.6. The Hall–Kier alpha value is -2.26. The van der Waals surface area contributed by atoms with Gasteiger partial charge in [-0.25, -0.2) is 4.98 Å². The van der Waals surface area contributed by atoms with Crippen LogP contribution in [0.15, 0.2) is 24.4 Å².